The molecular formula is C15H22F2N2O2. The van der Waals surface area contributed by atoms with Crippen LogP contribution < -0.4 is 10.1 Å². The number of piperazine rings is 1. The second kappa shape index (κ2) is 8.26. The molecule has 0 saturated carbocycles. The van der Waals surface area contributed by atoms with Crippen molar-refractivity contribution in [3.05, 3.63) is 29.8 Å². The van der Waals surface area contributed by atoms with Crippen molar-refractivity contribution in [3.8, 4) is 5.75 Å². The van der Waals surface area contributed by atoms with Gasteiger partial charge in [0, 0.05) is 31.7 Å². The van der Waals surface area contributed by atoms with Gasteiger partial charge in [0.25, 0.3) is 6.43 Å². The quantitative estimate of drug-likeness (QED) is 0.780. The van der Waals surface area contributed by atoms with Crippen molar-refractivity contribution in [2.45, 2.75) is 12.5 Å². The molecule has 1 aromatic carbocycles. The van der Waals surface area contributed by atoms with Crippen LogP contribution in [0.1, 0.15) is 11.6 Å². The predicted octanol–water partition coefficient (Wildman–Crippen LogP) is 1.92. The highest BCUT2D eigenvalue weighted by Crippen LogP contribution is 2.29. The van der Waals surface area contributed by atoms with E-state index in [2.05, 4.69) is 10.2 Å². The first kappa shape index (κ1) is 16.1. The summed E-state index contributed by atoms with van der Waals surface area (Å²) in [6.45, 7) is 3.02. The summed E-state index contributed by atoms with van der Waals surface area (Å²) < 4.78 is 34.6. The van der Waals surface area contributed by atoms with E-state index in [0.717, 1.165) is 30.9 Å². The number of benzene rings is 1. The summed E-state index contributed by atoms with van der Waals surface area (Å²) in [5.74, 6) is 0.852. The topological polar surface area (TPSA) is 33.7 Å². The molecule has 0 bridgehead atoms. The highest BCUT2D eigenvalue weighted by molar-refractivity contribution is 5.36. The van der Waals surface area contributed by atoms with Crippen LogP contribution in [0.15, 0.2) is 24.3 Å². The maximum atomic E-state index is 12.1. The zero-order chi connectivity index (χ0) is 15.1. The SMILES string of the molecule is COc1ccccc1C1CNCCN1CCOCC(F)F. The Labute approximate surface area is 124 Å². The molecule has 0 aliphatic carbocycles. The van der Waals surface area contributed by atoms with Gasteiger partial charge in [0.05, 0.1) is 19.8 Å². The van der Waals surface area contributed by atoms with E-state index in [-0.39, 0.29) is 6.04 Å². The molecule has 1 atom stereocenters. The summed E-state index contributed by atoms with van der Waals surface area (Å²) in [5.41, 5.74) is 1.11. The van der Waals surface area contributed by atoms with E-state index in [1.165, 1.54) is 0 Å². The van der Waals surface area contributed by atoms with Crippen molar-refractivity contribution in [2.24, 2.45) is 0 Å². The average molecular weight is 300 g/mol. The third-order valence-corrected chi connectivity index (χ3v) is 3.62. The minimum Gasteiger partial charge on any atom is -0.496 e. The molecule has 1 aliphatic heterocycles. The minimum atomic E-state index is -2.40. The van der Waals surface area contributed by atoms with Crippen LogP contribution >= 0.6 is 0 Å². The lowest BCUT2D eigenvalue weighted by Crippen LogP contribution is -2.47. The van der Waals surface area contributed by atoms with Crippen LogP contribution in [0.25, 0.3) is 0 Å². The molecule has 1 heterocycles. The van der Waals surface area contributed by atoms with Gasteiger partial charge in [-0.3, -0.25) is 4.90 Å². The monoisotopic (exact) mass is 300 g/mol. The van der Waals surface area contributed by atoms with Crippen molar-refractivity contribution < 1.29 is 18.3 Å². The van der Waals surface area contributed by atoms with Crippen LogP contribution in [0.2, 0.25) is 0 Å². The normalized spacial score (nSPS) is 19.9. The Hall–Kier alpha value is -1.24. The van der Waals surface area contributed by atoms with Gasteiger partial charge in [0.15, 0.2) is 0 Å². The Kier molecular flexibility index (Phi) is 6.35. The second-order valence-corrected chi connectivity index (χ2v) is 4.96. The number of hydrogen-bond donors (Lipinski definition) is 1. The lowest BCUT2D eigenvalue weighted by Gasteiger charge is -2.37. The zero-order valence-corrected chi connectivity index (χ0v) is 12.2. The van der Waals surface area contributed by atoms with E-state index in [0.29, 0.717) is 13.2 Å². The number of halogens is 2. The average Bonchev–Trinajstić information content (AvgIpc) is 2.52. The van der Waals surface area contributed by atoms with Gasteiger partial charge in [-0.15, -0.1) is 0 Å². The molecule has 21 heavy (non-hydrogen) atoms. The maximum Gasteiger partial charge on any atom is 0.261 e. The lowest BCUT2D eigenvalue weighted by atomic mass is 10.0. The third kappa shape index (κ3) is 4.62. The van der Waals surface area contributed by atoms with Crippen LogP contribution in [-0.4, -0.2) is 57.8 Å². The molecule has 1 unspecified atom stereocenters. The molecule has 1 aromatic rings. The first-order valence-electron chi connectivity index (χ1n) is 7.16. The summed E-state index contributed by atoms with van der Waals surface area (Å²) in [6, 6.07) is 8.08. The molecule has 1 N–H and O–H groups in total. The van der Waals surface area contributed by atoms with Crippen molar-refractivity contribution in [2.75, 3.05) is 46.5 Å². The molecule has 1 aliphatic rings. The first-order valence-corrected chi connectivity index (χ1v) is 7.16. The number of methoxy groups -OCH3 is 1. The first-order chi connectivity index (χ1) is 10.2. The summed E-state index contributed by atoms with van der Waals surface area (Å²) in [6.07, 6.45) is -2.40. The van der Waals surface area contributed by atoms with Crippen molar-refractivity contribution in [1.82, 2.24) is 10.2 Å². The van der Waals surface area contributed by atoms with Gasteiger partial charge in [-0.1, -0.05) is 18.2 Å². The van der Waals surface area contributed by atoms with Gasteiger partial charge in [-0.05, 0) is 6.07 Å². The number of para-hydroxylation sites is 1. The molecule has 6 heteroatoms. The van der Waals surface area contributed by atoms with Crippen LogP contribution in [0.4, 0.5) is 8.78 Å². The van der Waals surface area contributed by atoms with Gasteiger partial charge in [0.1, 0.15) is 12.4 Å². The summed E-state index contributed by atoms with van der Waals surface area (Å²) >= 11 is 0. The standard InChI is InChI=1S/C15H22F2N2O2/c1-20-14-5-3-2-4-12(14)13-10-18-6-7-19(13)8-9-21-11-15(16)17/h2-5,13,15,18H,6-11H2,1H3. The molecule has 4 nitrogen and oxygen atoms in total. The highest BCUT2D eigenvalue weighted by atomic mass is 19.3. The number of ether oxygens (including phenoxy) is 2. The third-order valence-electron chi connectivity index (χ3n) is 3.62. The molecular weight excluding hydrogens is 278 g/mol. The van der Waals surface area contributed by atoms with Gasteiger partial charge in [0.2, 0.25) is 0 Å². The van der Waals surface area contributed by atoms with Gasteiger partial charge < -0.3 is 14.8 Å². The van der Waals surface area contributed by atoms with E-state index in [9.17, 15) is 8.78 Å². The Morgan fingerprint density at radius 1 is 1.38 bits per heavy atom. The number of rotatable bonds is 7. The summed E-state index contributed by atoms with van der Waals surface area (Å²) in [7, 11) is 1.66. The predicted molar refractivity (Wildman–Crippen MR) is 77.0 cm³/mol. The summed E-state index contributed by atoms with van der Waals surface area (Å²) in [4.78, 5) is 2.25. The molecule has 2 rings (SSSR count). The van der Waals surface area contributed by atoms with Crippen LogP contribution in [-0.2, 0) is 4.74 Å². The molecule has 0 radical (unpaired) electrons. The van der Waals surface area contributed by atoms with Crippen LogP contribution in [0.5, 0.6) is 5.75 Å². The van der Waals surface area contributed by atoms with Gasteiger partial charge >= 0.3 is 0 Å². The number of nitrogens with one attached hydrogen (secondary N) is 1. The van der Waals surface area contributed by atoms with E-state index >= 15 is 0 Å². The zero-order valence-electron chi connectivity index (χ0n) is 12.2. The molecule has 0 spiro atoms. The molecule has 1 fully saturated rings. The number of nitrogens with zero attached hydrogens (tertiary/aromatic N) is 1. The lowest BCUT2D eigenvalue weighted by molar-refractivity contribution is 0.00358. The Bertz CT molecular complexity index is 432. The number of alkyl halides is 2. The molecule has 0 aromatic heterocycles. The highest BCUT2D eigenvalue weighted by Gasteiger charge is 2.25. The smallest absolute Gasteiger partial charge is 0.261 e. The van der Waals surface area contributed by atoms with Crippen molar-refractivity contribution >= 4 is 0 Å². The van der Waals surface area contributed by atoms with E-state index in [1.54, 1.807) is 7.11 Å². The molecule has 118 valence electrons. The Morgan fingerprint density at radius 3 is 2.95 bits per heavy atom. The van der Waals surface area contributed by atoms with Gasteiger partial charge in [-0.2, -0.15) is 0 Å². The van der Waals surface area contributed by atoms with Crippen LogP contribution in [0.3, 0.4) is 0 Å². The Morgan fingerprint density at radius 2 is 2.19 bits per heavy atom. The largest absolute Gasteiger partial charge is 0.496 e. The minimum absolute atomic E-state index is 0.171. The summed E-state index contributed by atoms with van der Waals surface area (Å²) in [5, 5.41) is 3.37. The number of hydrogen-bond acceptors (Lipinski definition) is 4. The van der Waals surface area contributed by atoms with Crippen molar-refractivity contribution in [1.29, 1.82) is 0 Å². The maximum absolute atomic E-state index is 12.1. The van der Waals surface area contributed by atoms with Crippen molar-refractivity contribution in [3.63, 3.8) is 0 Å². The fourth-order valence-corrected chi connectivity index (χ4v) is 2.62. The van der Waals surface area contributed by atoms with E-state index in [4.69, 9.17) is 9.47 Å². The fraction of sp³-hybridized carbons (Fsp3) is 0.600. The van der Waals surface area contributed by atoms with E-state index < -0.39 is 13.0 Å². The van der Waals surface area contributed by atoms with Gasteiger partial charge in [-0.25, -0.2) is 8.78 Å². The molecule has 0 amide bonds. The second-order valence-electron chi connectivity index (χ2n) is 4.96. The molecule has 1 saturated heterocycles. The fourth-order valence-electron chi connectivity index (χ4n) is 2.62. The van der Waals surface area contributed by atoms with E-state index in [1.807, 2.05) is 24.3 Å². The Balaban J connectivity index is 1.98. The van der Waals surface area contributed by atoms with Crippen LogP contribution in [0, 0.1) is 0 Å².